The fourth-order valence-electron chi connectivity index (χ4n) is 1.55. The van der Waals surface area contributed by atoms with Gasteiger partial charge in [0.2, 0.25) is 0 Å². The Labute approximate surface area is 104 Å². The van der Waals surface area contributed by atoms with E-state index < -0.39 is 0 Å². The van der Waals surface area contributed by atoms with Crippen LogP contribution in [-0.2, 0) is 9.47 Å². The molecule has 0 aromatic heterocycles. The maximum absolute atomic E-state index is 8.77. The van der Waals surface area contributed by atoms with Crippen LogP contribution < -0.4 is 5.32 Å². The van der Waals surface area contributed by atoms with Gasteiger partial charge in [0.1, 0.15) is 0 Å². The van der Waals surface area contributed by atoms with Crippen molar-refractivity contribution in [2.24, 2.45) is 0 Å². The Hall–Kier alpha value is -0.200. The standard InChI is InChI=1S/C12H27NO4/c1-3-5-13-11(2)12(17-10-7-15)4-8-16-9-6-14/h11-15H,3-10H2,1-2H3. The monoisotopic (exact) mass is 249 g/mol. The van der Waals surface area contributed by atoms with Crippen molar-refractivity contribution in [2.75, 3.05) is 39.6 Å². The lowest BCUT2D eigenvalue weighted by molar-refractivity contribution is -0.0139. The predicted molar refractivity (Wildman–Crippen MR) is 67.1 cm³/mol. The summed E-state index contributed by atoms with van der Waals surface area (Å²) < 4.78 is 10.8. The highest BCUT2D eigenvalue weighted by Gasteiger charge is 2.16. The van der Waals surface area contributed by atoms with Gasteiger partial charge in [-0.2, -0.15) is 0 Å². The fourth-order valence-corrected chi connectivity index (χ4v) is 1.55. The van der Waals surface area contributed by atoms with Crippen LogP contribution in [0, 0.1) is 0 Å². The number of ether oxygens (including phenoxy) is 2. The molecule has 0 fully saturated rings. The molecule has 0 bridgehead atoms. The van der Waals surface area contributed by atoms with Crippen molar-refractivity contribution in [3.8, 4) is 0 Å². The van der Waals surface area contributed by atoms with Gasteiger partial charge in [-0.25, -0.2) is 0 Å². The highest BCUT2D eigenvalue weighted by Crippen LogP contribution is 2.05. The Bertz CT molecular complexity index is 157. The zero-order valence-corrected chi connectivity index (χ0v) is 11.0. The SMILES string of the molecule is CCCNC(C)C(CCOCCO)OCCO. The first-order valence-corrected chi connectivity index (χ1v) is 6.40. The highest BCUT2D eigenvalue weighted by atomic mass is 16.5. The van der Waals surface area contributed by atoms with Crippen LogP contribution in [0.5, 0.6) is 0 Å². The lowest BCUT2D eigenvalue weighted by Crippen LogP contribution is -2.40. The van der Waals surface area contributed by atoms with E-state index in [-0.39, 0.29) is 25.4 Å². The average Bonchev–Trinajstić information content (AvgIpc) is 2.35. The van der Waals surface area contributed by atoms with Crippen molar-refractivity contribution in [2.45, 2.75) is 38.8 Å². The summed E-state index contributed by atoms with van der Waals surface area (Å²) in [7, 11) is 0. The zero-order valence-electron chi connectivity index (χ0n) is 11.0. The molecule has 5 heteroatoms. The van der Waals surface area contributed by atoms with Crippen molar-refractivity contribution in [1.82, 2.24) is 5.32 Å². The second kappa shape index (κ2) is 12.3. The molecule has 0 aliphatic heterocycles. The van der Waals surface area contributed by atoms with E-state index in [1.54, 1.807) is 0 Å². The van der Waals surface area contributed by atoms with Gasteiger partial charge in [-0.15, -0.1) is 0 Å². The summed E-state index contributed by atoms with van der Waals surface area (Å²) in [6, 6.07) is 0.235. The van der Waals surface area contributed by atoms with E-state index in [1.165, 1.54) is 0 Å². The average molecular weight is 249 g/mol. The predicted octanol–water partition coefficient (Wildman–Crippen LogP) is 0.151. The van der Waals surface area contributed by atoms with Gasteiger partial charge in [-0.05, 0) is 26.3 Å². The quantitative estimate of drug-likeness (QED) is 0.430. The van der Waals surface area contributed by atoms with Crippen molar-refractivity contribution in [1.29, 1.82) is 0 Å². The highest BCUT2D eigenvalue weighted by molar-refractivity contribution is 4.72. The maximum atomic E-state index is 8.77. The van der Waals surface area contributed by atoms with Gasteiger partial charge in [0.15, 0.2) is 0 Å². The van der Waals surface area contributed by atoms with Crippen molar-refractivity contribution in [3.05, 3.63) is 0 Å². The van der Waals surface area contributed by atoms with Gasteiger partial charge in [0, 0.05) is 12.6 Å². The van der Waals surface area contributed by atoms with Gasteiger partial charge in [-0.3, -0.25) is 0 Å². The summed E-state index contributed by atoms with van der Waals surface area (Å²) in [5.74, 6) is 0. The molecule has 0 spiro atoms. The third-order valence-corrected chi connectivity index (χ3v) is 2.48. The van der Waals surface area contributed by atoms with Gasteiger partial charge in [0.05, 0.1) is 32.5 Å². The summed E-state index contributed by atoms with van der Waals surface area (Å²) >= 11 is 0. The second-order valence-corrected chi connectivity index (χ2v) is 4.00. The van der Waals surface area contributed by atoms with Crippen LogP contribution in [0.3, 0.4) is 0 Å². The lowest BCUT2D eigenvalue weighted by Gasteiger charge is -2.25. The van der Waals surface area contributed by atoms with Gasteiger partial charge < -0.3 is 25.0 Å². The third kappa shape index (κ3) is 9.50. The van der Waals surface area contributed by atoms with Crippen LogP contribution in [0.4, 0.5) is 0 Å². The molecule has 0 heterocycles. The summed E-state index contributed by atoms with van der Waals surface area (Å²) in [6.45, 7) is 6.51. The number of rotatable bonds is 12. The van der Waals surface area contributed by atoms with Crippen LogP contribution in [0.15, 0.2) is 0 Å². The van der Waals surface area contributed by atoms with E-state index in [2.05, 4.69) is 19.2 Å². The minimum Gasteiger partial charge on any atom is -0.394 e. The molecule has 0 aromatic carbocycles. The van der Waals surface area contributed by atoms with E-state index in [1.807, 2.05) is 0 Å². The molecule has 0 saturated carbocycles. The van der Waals surface area contributed by atoms with Crippen LogP contribution in [-0.4, -0.2) is 61.9 Å². The molecule has 2 unspecified atom stereocenters. The Morgan fingerprint density at radius 2 is 1.82 bits per heavy atom. The summed E-state index contributed by atoms with van der Waals surface area (Å²) in [4.78, 5) is 0. The second-order valence-electron chi connectivity index (χ2n) is 4.00. The molecule has 0 aliphatic carbocycles. The first-order valence-electron chi connectivity index (χ1n) is 6.40. The number of nitrogens with one attached hydrogen (secondary N) is 1. The van der Waals surface area contributed by atoms with Gasteiger partial charge in [-0.1, -0.05) is 6.92 Å². The first-order chi connectivity index (χ1) is 8.26. The molecule has 5 nitrogen and oxygen atoms in total. The Kier molecular flexibility index (Phi) is 12.1. The molecular weight excluding hydrogens is 222 g/mol. The number of hydrogen-bond acceptors (Lipinski definition) is 5. The molecule has 104 valence electrons. The van der Waals surface area contributed by atoms with Crippen LogP contribution in [0.25, 0.3) is 0 Å². The van der Waals surface area contributed by atoms with E-state index in [4.69, 9.17) is 19.7 Å². The Balaban J connectivity index is 3.84. The number of aliphatic hydroxyl groups is 2. The zero-order chi connectivity index (χ0) is 12.9. The Morgan fingerprint density at radius 1 is 1.12 bits per heavy atom. The van der Waals surface area contributed by atoms with Crippen LogP contribution in [0.1, 0.15) is 26.7 Å². The topological polar surface area (TPSA) is 71.0 Å². The van der Waals surface area contributed by atoms with E-state index >= 15 is 0 Å². The van der Waals surface area contributed by atoms with Crippen LogP contribution in [0.2, 0.25) is 0 Å². The van der Waals surface area contributed by atoms with E-state index in [0.29, 0.717) is 19.8 Å². The molecule has 2 atom stereocenters. The molecule has 0 aromatic rings. The maximum Gasteiger partial charge on any atom is 0.0748 e. The van der Waals surface area contributed by atoms with Crippen molar-refractivity contribution < 1.29 is 19.7 Å². The third-order valence-electron chi connectivity index (χ3n) is 2.48. The number of aliphatic hydroxyl groups excluding tert-OH is 2. The van der Waals surface area contributed by atoms with Crippen LogP contribution >= 0.6 is 0 Å². The van der Waals surface area contributed by atoms with Crippen molar-refractivity contribution >= 4 is 0 Å². The minimum atomic E-state index is 0.0346. The molecule has 17 heavy (non-hydrogen) atoms. The summed E-state index contributed by atoms with van der Waals surface area (Å²) in [5, 5.41) is 20.7. The molecule has 0 saturated heterocycles. The summed E-state index contributed by atoms with van der Waals surface area (Å²) in [6.07, 6.45) is 1.88. The molecule has 0 amide bonds. The van der Waals surface area contributed by atoms with Gasteiger partial charge >= 0.3 is 0 Å². The van der Waals surface area contributed by atoms with E-state index in [9.17, 15) is 0 Å². The minimum absolute atomic E-state index is 0.0346. The molecule has 0 radical (unpaired) electrons. The first kappa shape index (κ1) is 16.8. The molecular formula is C12H27NO4. The van der Waals surface area contributed by atoms with E-state index in [0.717, 1.165) is 19.4 Å². The normalized spacial score (nSPS) is 14.8. The molecule has 3 N–H and O–H groups in total. The summed E-state index contributed by atoms with van der Waals surface area (Å²) in [5.41, 5.74) is 0. The Morgan fingerprint density at radius 3 is 2.41 bits per heavy atom. The molecule has 0 rings (SSSR count). The smallest absolute Gasteiger partial charge is 0.0748 e. The fraction of sp³-hybridized carbons (Fsp3) is 1.00. The van der Waals surface area contributed by atoms with Gasteiger partial charge in [0.25, 0.3) is 0 Å². The largest absolute Gasteiger partial charge is 0.394 e. The lowest BCUT2D eigenvalue weighted by atomic mass is 10.1. The van der Waals surface area contributed by atoms with Crippen molar-refractivity contribution in [3.63, 3.8) is 0 Å². The number of hydrogen-bond donors (Lipinski definition) is 3. The molecule has 0 aliphatic rings.